The van der Waals surface area contributed by atoms with E-state index in [9.17, 15) is 23.2 Å². The highest BCUT2D eigenvalue weighted by atomic mass is 19.1. The Morgan fingerprint density at radius 1 is 0.636 bits per heavy atom. The van der Waals surface area contributed by atoms with Crippen LogP contribution in [-0.2, 0) is 33.6 Å². The molecule has 0 aliphatic carbocycles. The second-order valence-corrected chi connectivity index (χ2v) is 7.33. The van der Waals surface area contributed by atoms with Crippen molar-refractivity contribution in [2.45, 2.75) is 45.4 Å². The maximum Gasteiger partial charge on any atom is 0.126 e. The Morgan fingerprint density at radius 3 is 1.73 bits per heavy atom. The van der Waals surface area contributed by atoms with E-state index in [2.05, 4.69) is 25.1 Å². The Morgan fingerprint density at radius 2 is 1.18 bits per heavy atom. The van der Waals surface area contributed by atoms with E-state index in [4.69, 9.17) is 0 Å². The van der Waals surface area contributed by atoms with E-state index in [1.807, 2.05) is 12.1 Å². The highest BCUT2D eigenvalue weighted by Gasteiger charge is 1.98. The van der Waals surface area contributed by atoms with Crippen molar-refractivity contribution in [3.05, 3.63) is 107 Å². The Kier molecular flexibility index (Phi) is 14.3. The maximum absolute atomic E-state index is 12.8. The average molecular weight is 453 g/mol. The van der Waals surface area contributed by atoms with Crippen molar-refractivity contribution in [1.29, 1.82) is 0 Å². The Labute approximate surface area is 194 Å². The highest BCUT2D eigenvalue weighted by molar-refractivity contribution is 5.50. The fourth-order valence-electron chi connectivity index (χ4n) is 2.93. The van der Waals surface area contributed by atoms with Gasteiger partial charge in [-0.2, -0.15) is 0 Å². The zero-order valence-electron chi connectivity index (χ0n) is 18.9. The molecule has 3 rings (SSSR count). The molecule has 0 saturated heterocycles. The molecule has 174 valence electrons. The highest BCUT2D eigenvalue weighted by Crippen LogP contribution is 2.08. The molecule has 0 radical (unpaired) electrons. The number of carbonyl (C=O) groups excluding carboxylic acids is 3. The minimum Gasteiger partial charge on any atom is -0.303 e. The van der Waals surface area contributed by atoms with E-state index in [1.165, 1.54) is 29.3 Å². The molecule has 0 saturated carbocycles. The van der Waals surface area contributed by atoms with E-state index in [0.717, 1.165) is 30.8 Å². The van der Waals surface area contributed by atoms with E-state index >= 15 is 0 Å². The fourth-order valence-corrected chi connectivity index (χ4v) is 2.93. The molecule has 0 aliphatic rings. The summed E-state index contributed by atoms with van der Waals surface area (Å²) in [5.41, 5.74) is 3.99. The number of halogens is 2. The molecule has 0 fully saturated rings. The summed E-state index contributed by atoms with van der Waals surface area (Å²) in [6.45, 7) is 2.06. The summed E-state index contributed by atoms with van der Waals surface area (Å²) in [4.78, 5) is 30.0. The molecule has 33 heavy (non-hydrogen) atoms. The quantitative estimate of drug-likeness (QED) is 0.372. The number of carbonyl (C=O) groups is 3. The van der Waals surface area contributed by atoms with Crippen LogP contribution >= 0.6 is 0 Å². The molecule has 3 aromatic carbocycles. The van der Waals surface area contributed by atoms with Gasteiger partial charge >= 0.3 is 0 Å². The van der Waals surface area contributed by atoms with Crippen molar-refractivity contribution >= 4 is 18.9 Å². The smallest absolute Gasteiger partial charge is 0.126 e. The average Bonchev–Trinajstić information content (AvgIpc) is 2.82. The molecule has 3 nitrogen and oxygen atoms in total. The maximum atomic E-state index is 12.8. The first kappa shape index (κ1) is 27.6. The first-order valence-corrected chi connectivity index (χ1v) is 10.8. The van der Waals surface area contributed by atoms with Gasteiger partial charge in [-0.1, -0.05) is 60.2 Å². The SMILES string of the molecule is Cc1cccc(CCC=O)c1.O=CCCc1cccc(F)c1.O=CCCc1ccccc1F. The van der Waals surface area contributed by atoms with Gasteiger partial charge in [0, 0.05) is 19.3 Å². The van der Waals surface area contributed by atoms with Gasteiger partial charge in [0.25, 0.3) is 0 Å². The monoisotopic (exact) mass is 452 g/mol. The van der Waals surface area contributed by atoms with Gasteiger partial charge in [0.15, 0.2) is 0 Å². The van der Waals surface area contributed by atoms with Crippen molar-refractivity contribution in [1.82, 2.24) is 0 Å². The lowest BCUT2D eigenvalue weighted by Crippen LogP contribution is -1.89. The molecule has 0 N–H and O–H groups in total. The van der Waals surface area contributed by atoms with Gasteiger partial charge in [-0.3, -0.25) is 0 Å². The molecule has 0 atom stereocenters. The molecule has 0 bridgehead atoms. The number of hydrogen-bond donors (Lipinski definition) is 0. The van der Waals surface area contributed by atoms with Crippen LogP contribution in [0.25, 0.3) is 0 Å². The van der Waals surface area contributed by atoms with Gasteiger partial charge in [0.2, 0.25) is 0 Å². The first-order chi connectivity index (χ1) is 16.0. The molecule has 0 aromatic heterocycles. The van der Waals surface area contributed by atoms with Crippen LogP contribution in [0.1, 0.15) is 41.5 Å². The fraction of sp³-hybridized carbons (Fsp3) is 0.250. The molecular weight excluding hydrogens is 422 g/mol. The summed E-state index contributed by atoms with van der Waals surface area (Å²) < 4.78 is 25.3. The van der Waals surface area contributed by atoms with Crippen LogP contribution in [-0.4, -0.2) is 18.9 Å². The lowest BCUT2D eigenvalue weighted by atomic mass is 10.1. The molecule has 5 heteroatoms. The van der Waals surface area contributed by atoms with Crippen LogP contribution in [0.2, 0.25) is 0 Å². The summed E-state index contributed by atoms with van der Waals surface area (Å²) in [5.74, 6) is -0.470. The first-order valence-electron chi connectivity index (χ1n) is 10.8. The standard InChI is InChI=1S/C10H12O.2C9H9FO/c1-9-4-2-5-10(8-9)6-3-7-11;10-9-5-1-3-8(7-9)4-2-6-11;10-9-6-2-1-4-8(9)5-3-7-11/h2,4-5,7-8H,3,6H2,1H3;1,3,5-7H,2,4H2;1-2,4,6-7H,3,5H2. The summed E-state index contributed by atoms with van der Waals surface area (Å²) in [5, 5.41) is 0. The third-order valence-electron chi connectivity index (χ3n) is 4.56. The second-order valence-electron chi connectivity index (χ2n) is 7.33. The zero-order valence-corrected chi connectivity index (χ0v) is 18.9. The van der Waals surface area contributed by atoms with Crippen molar-refractivity contribution < 1.29 is 23.2 Å². The zero-order chi connectivity index (χ0) is 24.3. The lowest BCUT2D eigenvalue weighted by molar-refractivity contribution is -0.108. The predicted molar refractivity (Wildman–Crippen MR) is 127 cm³/mol. The van der Waals surface area contributed by atoms with Gasteiger partial charge in [0.1, 0.15) is 30.5 Å². The molecule has 0 aliphatic heterocycles. The van der Waals surface area contributed by atoms with Gasteiger partial charge < -0.3 is 14.4 Å². The third-order valence-corrected chi connectivity index (χ3v) is 4.56. The van der Waals surface area contributed by atoms with Gasteiger partial charge in [-0.15, -0.1) is 0 Å². The number of aldehydes is 3. The molecule has 0 unspecified atom stereocenters. The van der Waals surface area contributed by atoms with Gasteiger partial charge in [-0.25, -0.2) is 8.78 Å². The molecular formula is C28H30F2O3. The van der Waals surface area contributed by atoms with Crippen LogP contribution in [0.5, 0.6) is 0 Å². The van der Waals surface area contributed by atoms with E-state index in [0.29, 0.717) is 37.7 Å². The topological polar surface area (TPSA) is 51.2 Å². The molecule has 0 amide bonds. The minimum atomic E-state index is -0.242. The van der Waals surface area contributed by atoms with Crippen molar-refractivity contribution in [3.8, 4) is 0 Å². The number of benzene rings is 3. The van der Waals surface area contributed by atoms with Crippen LogP contribution in [0, 0.1) is 18.6 Å². The van der Waals surface area contributed by atoms with Crippen molar-refractivity contribution in [3.63, 3.8) is 0 Å². The Bertz CT molecular complexity index is 933. The van der Waals surface area contributed by atoms with Crippen molar-refractivity contribution in [2.75, 3.05) is 0 Å². The Balaban J connectivity index is 0.000000247. The van der Waals surface area contributed by atoms with Crippen LogP contribution in [0.3, 0.4) is 0 Å². The number of aryl methyl sites for hydroxylation is 4. The van der Waals surface area contributed by atoms with Crippen LogP contribution in [0.4, 0.5) is 8.78 Å². The second kappa shape index (κ2) is 17.1. The summed E-state index contributed by atoms with van der Waals surface area (Å²) in [7, 11) is 0. The largest absolute Gasteiger partial charge is 0.303 e. The third kappa shape index (κ3) is 12.9. The molecule has 0 spiro atoms. The summed E-state index contributed by atoms with van der Waals surface area (Å²) in [6.07, 6.45) is 6.07. The predicted octanol–water partition coefficient (Wildman–Crippen LogP) is 6.04. The normalized spacial score (nSPS) is 9.55. The van der Waals surface area contributed by atoms with Crippen LogP contribution in [0.15, 0.2) is 72.8 Å². The van der Waals surface area contributed by atoms with Crippen molar-refractivity contribution in [2.24, 2.45) is 0 Å². The summed E-state index contributed by atoms with van der Waals surface area (Å²) >= 11 is 0. The number of hydrogen-bond acceptors (Lipinski definition) is 3. The Hall–Kier alpha value is -3.47. The molecule has 3 aromatic rings. The lowest BCUT2D eigenvalue weighted by Gasteiger charge is -1.97. The van der Waals surface area contributed by atoms with Gasteiger partial charge in [0.05, 0.1) is 0 Å². The van der Waals surface area contributed by atoms with E-state index in [-0.39, 0.29) is 11.6 Å². The van der Waals surface area contributed by atoms with Crippen LogP contribution < -0.4 is 0 Å². The van der Waals surface area contributed by atoms with E-state index < -0.39 is 0 Å². The molecule has 0 heterocycles. The minimum absolute atomic E-state index is 0.227. The number of rotatable bonds is 9. The van der Waals surface area contributed by atoms with E-state index in [1.54, 1.807) is 24.3 Å². The van der Waals surface area contributed by atoms with Gasteiger partial charge in [-0.05, 0) is 61.1 Å². The summed E-state index contributed by atoms with van der Waals surface area (Å²) in [6, 6.07) is 21.1.